The lowest BCUT2D eigenvalue weighted by Gasteiger charge is -2.10. The van der Waals surface area contributed by atoms with Crippen LogP contribution in [0.3, 0.4) is 0 Å². The van der Waals surface area contributed by atoms with E-state index in [4.69, 9.17) is 5.11 Å². The molecule has 0 saturated carbocycles. The van der Waals surface area contributed by atoms with E-state index in [2.05, 4.69) is 21.2 Å². The number of carbonyl (C=O) groups is 2. The zero-order valence-electron chi connectivity index (χ0n) is 9.74. The minimum Gasteiger partial charge on any atom is -0.481 e. The van der Waals surface area contributed by atoms with E-state index in [1.54, 1.807) is 30.8 Å². The molecule has 0 aliphatic rings. The van der Waals surface area contributed by atoms with Crippen molar-refractivity contribution in [2.24, 2.45) is 13.0 Å². The van der Waals surface area contributed by atoms with Gasteiger partial charge in [-0.15, -0.1) is 0 Å². The number of halogens is 1. The largest absolute Gasteiger partial charge is 0.481 e. The van der Waals surface area contributed by atoms with Crippen LogP contribution in [0.25, 0.3) is 0 Å². The van der Waals surface area contributed by atoms with E-state index in [-0.39, 0.29) is 18.2 Å². The molecular weight excluding hydrogens is 288 g/mol. The lowest BCUT2D eigenvalue weighted by atomic mass is 10.1. The summed E-state index contributed by atoms with van der Waals surface area (Å²) in [4.78, 5) is 22.2. The first-order valence-electron chi connectivity index (χ1n) is 5.22. The Hall–Kier alpha value is -1.30. The van der Waals surface area contributed by atoms with Crippen LogP contribution in [0.15, 0.2) is 16.7 Å². The Morgan fingerprint density at radius 2 is 2.24 bits per heavy atom. The average Bonchev–Trinajstić information content (AvgIpc) is 2.53. The molecule has 1 atom stereocenters. The molecule has 94 valence electrons. The quantitative estimate of drug-likeness (QED) is 0.868. The number of aromatic nitrogens is 1. The van der Waals surface area contributed by atoms with Crippen LogP contribution in [-0.2, 0) is 11.8 Å². The van der Waals surface area contributed by atoms with Crippen LogP contribution in [0.5, 0.6) is 0 Å². The van der Waals surface area contributed by atoms with Crippen molar-refractivity contribution in [1.82, 2.24) is 9.88 Å². The van der Waals surface area contributed by atoms with Gasteiger partial charge >= 0.3 is 5.97 Å². The van der Waals surface area contributed by atoms with Crippen LogP contribution >= 0.6 is 15.9 Å². The fraction of sp³-hybridized carbons (Fsp3) is 0.455. The summed E-state index contributed by atoms with van der Waals surface area (Å²) < 4.78 is 2.55. The van der Waals surface area contributed by atoms with Gasteiger partial charge in [-0.05, 0) is 27.9 Å². The zero-order valence-corrected chi connectivity index (χ0v) is 11.3. The molecule has 17 heavy (non-hydrogen) atoms. The summed E-state index contributed by atoms with van der Waals surface area (Å²) in [5.74, 6) is -1.14. The van der Waals surface area contributed by atoms with Crippen LogP contribution in [0, 0.1) is 5.92 Å². The van der Waals surface area contributed by atoms with Gasteiger partial charge < -0.3 is 15.0 Å². The Morgan fingerprint density at radius 3 is 2.71 bits per heavy atom. The van der Waals surface area contributed by atoms with Crippen LogP contribution < -0.4 is 5.32 Å². The molecule has 0 fully saturated rings. The smallest absolute Gasteiger partial charge is 0.303 e. The predicted molar refractivity (Wildman–Crippen MR) is 66.9 cm³/mol. The Balaban J connectivity index is 2.50. The number of nitrogens with one attached hydrogen (secondary N) is 1. The summed E-state index contributed by atoms with van der Waals surface area (Å²) in [6.45, 7) is 2.14. The second-order valence-electron chi connectivity index (χ2n) is 4.07. The lowest BCUT2D eigenvalue weighted by molar-refractivity contribution is -0.137. The van der Waals surface area contributed by atoms with Gasteiger partial charge in [-0.3, -0.25) is 9.59 Å². The second-order valence-corrected chi connectivity index (χ2v) is 4.98. The number of carboxylic acid groups (broad SMARTS) is 1. The molecule has 0 aliphatic heterocycles. The fourth-order valence-corrected chi connectivity index (χ4v) is 2.00. The summed E-state index contributed by atoms with van der Waals surface area (Å²) in [7, 11) is 1.78. The average molecular weight is 303 g/mol. The first-order chi connectivity index (χ1) is 7.90. The van der Waals surface area contributed by atoms with Gasteiger partial charge in [0.1, 0.15) is 5.69 Å². The number of aliphatic carboxylic acids is 1. The van der Waals surface area contributed by atoms with Gasteiger partial charge in [0.05, 0.1) is 0 Å². The van der Waals surface area contributed by atoms with Crippen molar-refractivity contribution in [3.05, 3.63) is 22.4 Å². The minimum absolute atomic E-state index is 0.0527. The highest BCUT2D eigenvalue weighted by molar-refractivity contribution is 9.10. The maximum Gasteiger partial charge on any atom is 0.303 e. The Morgan fingerprint density at radius 1 is 1.59 bits per heavy atom. The fourth-order valence-electron chi connectivity index (χ4n) is 1.48. The summed E-state index contributed by atoms with van der Waals surface area (Å²) >= 11 is 3.29. The van der Waals surface area contributed by atoms with Crippen LogP contribution in [-0.4, -0.2) is 28.1 Å². The van der Waals surface area contributed by atoms with E-state index in [9.17, 15) is 9.59 Å². The molecule has 1 heterocycles. The molecule has 1 unspecified atom stereocenters. The Bertz CT molecular complexity index is 428. The minimum atomic E-state index is -0.853. The predicted octanol–water partition coefficient (Wildman–Crippen LogP) is 1.63. The highest BCUT2D eigenvalue weighted by Gasteiger charge is 2.13. The van der Waals surface area contributed by atoms with Crippen molar-refractivity contribution in [2.45, 2.75) is 13.3 Å². The number of carboxylic acids is 1. The Kier molecular flexibility index (Phi) is 4.74. The summed E-state index contributed by atoms with van der Waals surface area (Å²) in [6.07, 6.45) is 1.84. The van der Waals surface area contributed by atoms with Crippen molar-refractivity contribution in [2.75, 3.05) is 6.54 Å². The number of rotatable bonds is 5. The Labute approximate surface area is 108 Å². The SMILES string of the molecule is CC(CNC(=O)c1cc(Br)cn1C)CC(=O)O. The van der Waals surface area contributed by atoms with Crippen molar-refractivity contribution in [1.29, 1.82) is 0 Å². The third-order valence-electron chi connectivity index (χ3n) is 2.34. The van der Waals surface area contributed by atoms with Gasteiger partial charge in [0.2, 0.25) is 0 Å². The third kappa shape index (κ3) is 4.22. The first-order valence-corrected chi connectivity index (χ1v) is 6.01. The van der Waals surface area contributed by atoms with Crippen LogP contribution in [0.4, 0.5) is 0 Å². The van der Waals surface area contributed by atoms with Crippen molar-refractivity contribution < 1.29 is 14.7 Å². The molecule has 0 bridgehead atoms. The molecule has 2 N–H and O–H groups in total. The van der Waals surface area contributed by atoms with Gasteiger partial charge in [-0.2, -0.15) is 0 Å². The van der Waals surface area contributed by atoms with Gasteiger partial charge in [0, 0.05) is 30.7 Å². The summed E-state index contributed by atoms with van der Waals surface area (Å²) in [6, 6.07) is 1.72. The van der Waals surface area contributed by atoms with E-state index in [1.807, 2.05) is 0 Å². The van der Waals surface area contributed by atoms with E-state index >= 15 is 0 Å². The van der Waals surface area contributed by atoms with E-state index in [0.717, 1.165) is 4.47 Å². The highest BCUT2D eigenvalue weighted by Crippen LogP contribution is 2.13. The number of aryl methyl sites for hydroxylation is 1. The number of carbonyl (C=O) groups excluding carboxylic acids is 1. The molecule has 0 aliphatic carbocycles. The molecule has 0 saturated heterocycles. The zero-order chi connectivity index (χ0) is 13.0. The van der Waals surface area contributed by atoms with Crippen molar-refractivity contribution in [3.8, 4) is 0 Å². The van der Waals surface area contributed by atoms with Gasteiger partial charge in [0.15, 0.2) is 0 Å². The molecule has 5 nitrogen and oxygen atoms in total. The maximum absolute atomic E-state index is 11.8. The number of hydrogen-bond acceptors (Lipinski definition) is 2. The third-order valence-corrected chi connectivity index (χ3v) is 2.77. The van der Waals surface area contributed by atoms with Crippen molar-refractivity contribution >= 4 is 27.8 Å². The van der Waals surface area contributed by atoms with E-state index < -0.39 is 5.97 Å². The topological polar surface area (TPSA) is 71.3 Å². The van der Waals surface area contributed by atoms with E-state index in [0.29, 0.717) is 12.2 Å². The van der Waals surface area contributed by atoms with E-state index in [1.165, 1.54) is 0 Å². The molecule has 1 rings (SSSR count). The number of hydrogen-bond donors (Lipinski definition) is 2. The highest BCUT2D eigenvalue weighted by atomic mass is 79.9. The molecule has 1 aromatic heterocycles. The van der Waals surface area contributed by atoms with Gasteiger partial charge in [-0.25, -0.2) is 0 Å². The molecule has 0 aromatic carbocycles. The maximum atomic E-state index is 11.8. The first kappa shape index (κ1) is 13.8. The molecule has 1 aromatic rings. The van der Waals surface area contributed by atoms with Gasteiger partial charge in [-0.1, -0.05) is 6.92 Å². The standard InChI is InChI=1S/C11H15BrN2O3/c1-7(3-10(15)16)5-13-11(17)9-4-8(12)6-14(9)2/h4,6-7H,3,5H2,1-2H3,(H,13,17)(H,15,16). The molecule has 1 amide bonds. The number of amides is 1. The van der Waals surface area contributed by atoms with Crippen LogP contribution in [0.2, 0.25) is 0 Å². The molecular formula is C11H15BrN2O3. The molecule has 0 radical (unpaired) electrons. The second kappa shape index (κ2) is 5.86. The monoisotopic (exact) mass is 302 g/mol. The van der Waals surface area contributed by atoms with Gasteiger partial charge in [0.25, 0.3) is 5.91 Å². The summed E-state index contributed by atoms with van der Waals surface area (Å²) in [5.41, 5.74) is 0.541. The van der Waals surface area contributed by atoms with Crippen LogP contribution in [0.1, 0.15) is 23.8 Å². The number of nitrogens with zero attached hydrogens (tertiary/aromatic N) is 1. The lowest BCUT2D eigenvalue weighted by Crippen LogP contribution is -2.30. The molecule has 0 spiro atoms. The van der Waals surface area contributed by atoms with Crippen molar-refractivity contribution in [3.63, 3.8) is 0 Å². The normalized spacial score (nSPS) is 12.2. The molecule has 6 heteroatoms. The summed E-state index contributed by atoms with van der Waals surface area (Å²) in [5, 5.41) is 11.3.